The third-order valence-electron chi connectivity index (χ3n) is 6.52. The van der Waals surface area contributed by atoms with E-state index in [2.05, 4.69) is 10.2 Å². The van der Waals surface area contributed by atoms with Crippen LogP contribution in [0.2, 0.25) is 0 Å². The largest absolute Gasteiger partial charge is 0.473 e. The molecule has 0 aliphatic carbocycles. The number of alkyl halides is 3. The first-order chi connectivity index (χ1) is 17.2. The summed E-state index contributed by atoms with van der Waals surface area (Å²) in [6.45, 7) is 1.58. The summed E-state index contributed by atoms with van der Waals surface area (Å²) >= 11 is 0. The zero-order valence-corrected chi connectivity index (χ0v) is 19.2. The number of piperidine rings is 1. The second-order valence-corrected chi connectivity index (χ2v) is 9.04. The Bertz CT molecular complexity index is 1200. The van der Waals surface area contributed by atoms with E-state index < -0.39 is 17.3 Å². The van der Waals surface area contributed by atoms with Crippen LogP contribution in [0.15, 0.2) is 60.7 Å². The minimum absolute atomic E-state index is 0.0717. The van der Waals surface area contributed by atoms with Crippen LogP contribution in [0.4, 0.5) is 13.2 Å². The van der Waals surface area contributed by atoms with E-state index in [0.717, 1.165) is 17.7 Å². The molecule has 10 heteroatoms. The van der Waals surface area contributed by atoms with Gasteiger partial charge in [-0.15, -0.1) is 10.2 Å². The van der Waals surface area contributed by atoms with Crippen LogP contribution in [0, 0.1) is 0 Å². The summed E-state index contributed by atoms with van der Waals surface area (Å²) < 4.78 is 49.2. The van der Waals surface area contributed by atoms with Crippen molar-refractivity contribution in [2.75, 3.05) is 26.3 Å². The fourth-order valence-corrected chi connectivity index (χ4v) is 4.28. The van der Waals surface area contributed by atoms with Gasteiger partial charge in [0.15, 0.2) is 0 Å². The topological polar surface area (TPSA) is 84.8 Å². The predicted molar refractivity (Wildman–Crippen MR) is 123 cm³/mol. The van der Waals surface area contributed by atoms with Gasteiger partial charge in [-0.05, 0) is 35.9 Å². The number of ether oxygens (including phenoxy) is 2. The first-order valence-electron chi connectivity index (χ1n) is 11.6. The van der Waals surface area contributed by atoms with E-state index in [1.54, 1.807) is 41.3 Å². The molecule has 2 saturated heterocycles. The highest BCUT2D eigenvalue weighted by Gasteiger charge is 2.38. The fourth-order valence-electron chi connectivity index (χ4n) is 4.28. The molecular weight excluding hydrogens is 475 g/mol. The maximum absolute atomic E-state index is 12.9. The zero-order valence-electron chi connectivity index (χ0n) is 19.2. The van der Waals surface area contributed by atoms with Gasteiger partial charge in [0.2, 0.25) is 5.88 Å². The number of rotatable bonds is 5. The third kappa shape index (κ3) is 5.05. The Kier molecular flexibility index (Phi) is 6.40. The molecule has 1 amide bonds. The van der Waals surface area contributed by atoms with E-state index in [1.165, 1.54) is 12.1 Å². The molecule has 0 radical (unpaired) electrons. The summed E-state index contributed by atoms with van der Waals surface area (Å²) in [6.07, 6.45) is -3.26. The SMILES string of the molecule is O=C(c1ccc(C2(O)COC2)cc1)N1CCC(Oc2ccc(-c3ccc(C(F)(F)F)cc3)nn2)CC1. The standard InChI is InChI=1S/C26H24F3N3O4/c27-26(28,29)20-7-1-17(2-8-20)22-9-10-23(31-30-22)36-21-11-13-32(14-12-21)24(33)18-3-5-19(6-4-18)25(34)15-35-16-25/h1-10,21,34H,11-16H2. The van der Waals surface area contributed by atoms with E-state index in [0.29, 0.717) is 48.6 Å². The molecular formula is C26H24F3N3O4. The summed E-state index contributed by atoms with van der Waals surface area (Å²) in [6, 6.07) is 15.0. The van der Waals surface area contributed by atoms with Gasteiger partial charge in [0, 0.05) is 43.1 Å². The van der Waals surface area contributed by atoms with Gasteiger partial charge in [-0.2, -0.15) is 13.2 Å². The van der Waals surface area contributed by atoms with E-state index in [4.69, 9.17) is 9.47 Å². The quantitative estimate of drug-likeness (QED) is 0.570. The van der Waals surface area contributed by atoms with Crippen LogP contribution < -0.4 is 4.74 Å². The van der Waals surface area contributed by atoms with Crippen LogP contribution in [0.5, 0.6) is 5.88 Å². The highest BCUT2D eigenvalue weighted by atomic mass is 19.4. The Hall–Kier alpha value is -3.50. The minimum atomic E-state index is -4.39. The molecule has 2 fully saturated rings. The number of nitrogens with zero attached hydrogens (tertiary/aromatic N) is 3. The van der Waals surface area contributed by atoms with E-state index in [-0.39, 0.29) is 25.2 Å². The van der Waals surface area contributed by atoms with Crippen LogP contribution in [0.1, 0.15) is 34.3 Å². The molecule has 2 aliphatic rings. The van der Waals surface area contributed by atoms with Gasteiger partial charge in [-0.1, -0.05) is 24.3 Å². The first kappa shape index (κ1) is 24.2. The lowest BCUT2D eigenvalue weighted by Gasteiger charge is -2.36. The van der Waals surface area contributed by atoms with Crippen molar-refractivity contribution in [3.05, 3.63) is 77.4 Å². The number of likely N-dealkylation sites (tertiary alicyclic amines) is 1. The summed E-state index contributed by atoms with van der Waals surface area (Å²) in [5.74, 6) is 0.251. The fraction of sp³-hybridized carbons (Fsp3) is 0.346. The van der Waals surface area contributed by atoms with Crippen molar-refractivity contribution < 1.29 is 32.5 Å². The minimum Gasteiger partial charge on any atom is -0.473 e. The Balaban J connectivity index is 1.13. The highest BCUT2D eigenvalue weighted by molar-refractivity contribution is 5.94. The molecule has 2 aromatic carbocycles. The average Bonchev–Trinajstić information content (AvgIpc) is 2.87. The number of hydrogen-bond acceptors (Lipinski definition) is 6. The van der Waals surface area contributed by atoms with Crippen molar-refractivity contribution in [2.24, 2.45) is 0 Å². The molecule has 0 bridgehead atoms. The number of amides is 1. The zero-order chi connectivity index (χ0) is 25.3. The lowest BCUT2D eigenvalue weighted by molar-refractivity contribution is -0.184. The van der Waals surface area contributed by atoms with Crippen LogP contribution in [-0.2, 0) is 16.5 Å². The molecule has 0 unspecified atom stereocenters. The van der Waals surface area contributed by atoms with Crippen molar-refractivity contribution in [3.8, 4) is 17.1 Å². The molecule has 0 atom stereocenters. The van der Waals surface area contributed by atoms with Crippen molar-refractivity contribution in [2.45, 2.75) is 30.7 Å². The summed E-state index contributed by atoms with van der Waals surface area (Å²) in [5.41, 5.74) is 0.588. The summed E-state index contributed by atoms with van der Waals surface area (Å²) in [7, 11) is 0. The predicted octanol–water partition coefficient (Wildman–Crippen LogP) is 4.06. The molecule has 0 spiro atoms. The molecule has 5 rings (SSSR count). The smallest absolute Gasteiger partial charge is 0.416 e. The molecule has 36 heavy (non-hydrogen) atoms. The first-order valence-corrected chi connectivity index (χ1v) is 11.6. The molecule has 0 saturated carbocycles. The van der Waals surface area contributed by atoms with Crippen LogP contribution in [0.3, 0.4) is 0 Å². The van der Waals surface area contributed by atoms with Crippen LogP contribution in [-0.4, -0.2) is 58.5 Å². The highest BCUT2D eigenvalue weighted by Crippen LogP contribution is 2.31. The Labute approximate surface area is 205 Å². The number of halogens is 3. The number of carbonyl (C=O) groups excluding carboxylic acids is 1. The maximum atomic E-state index is 12.9. The molecule has 3 heterocycles. The van der Waals surface area contributed by atoms with Gasteiger partial charge in [-0.25, -0.2) is 0 Å². The summed E-state index contributed by atoms with van der Waals surface area (Å²) in [4.78, 5) is 14.6. The second kappa shape index (κ2) is 9.51. The van der Waals surface area contributed by atoms with Gasteiger partial charge in [0.05, 0.1) is 24.5 Å². The second-order valence-electron chi connectivity index (χ2n) is 9.04. The Morgan fingerprint density at radius 1 is 0.972 bits per heavy atom. The third-order valence-corrected chi connectivity index (χ3v) is 6.52. The van der Waals surface area contributed by atoms with Gasteiger partial charge in [-0.3, -0.25) is 4.79 Å². The molecule has 7 nitrogen and oxygen atoms in total. The number of benzene rings is 2. The van der Waals surface area contributed by atoms with Gasteiger partial charge >= 0.3 is 6.18 Å². The summed E-state index contributed by atoms with van der Waals surface area (Å²) in [5, 5.41) is 18.5. The van der Waals surface area contributed by atoms with Crippen molar-refractivity contribution in [1.82, 2.24) is 15.1 Å². The molecule has 1 N–H and O–H groups in total. The molecule has 1 aromatic heterocycles. The Morgan fingerprint density at radius 3 is 2.17 bits per heavy atom. The van der Waals surface area contributed by atoms with Crippen molar-refractivity contribution in [1.29, 1.82) is 0 Å². The van der Waals surface area contributed by atoms with E-state index >= 15 is 0 Å². The van der Waals surface area contributed by atoms with Gasteiger partial charge in [0.1, 0.15) is 11.7 Å². The lowest BCUT2D eigenvalue weighted by Crippen LogP contribution is -2.46. The van der Waals surface area contributed by atoms with Gasteiger partial charge < -0.3 is 19.5 Å². The number of hydrogen-bond donors (Lipinski definition) is 1. The normalized spacial score (nSPS) is 17.9. The number of aliphatic hydroxyl groups is 1. The number of carbonyl (C=O) groups is 1. The molecule has 3 aromatic rings. The van der Waals surface area contributed by atoms with Crippen molar-refractivity contribution in [3.63, 3.8) is 0 Å². The van der Waals surface area contributed by atoms with E-state index in [9.17, 15) is 23.1 Å². The molecule has 2 aliphatic heterocycles. The Morgan fingerprint density at radius 2 is 1.64 bits per heavy atom. The van der Waals surface area contributed by atoms with E-state index in [1.807, 2.05) is 0 Å². The van der Waals surface area contributed by atoms with Crippen LogP contribution in [0.25, 0.3) is 11.3 Å². The lowest BCUT2D eigenvalue weighted by atomic mass is 9.91. The number of aromatic nitrogens is 2. The van der Waals surface area contributed by atoms with Crippen molar-refractivity contribution >= 4 is 5.91 Å². The monoisotopic (exact) mass is 499 g/mol. The maximum Gasteiger partial charge on any atom is 0.416 e. The van der Waals surface area contributed by atoms with Gasteiger partial charge in [0.25, 0.3) is 5.91 Å². The molecule has 188 valence electrons. The average molecular weight is 499 g/mol. The van der Waals surface area contributed by atoms with Crippen LogP contribution >= 0.6 is 0 Å².